The van der Waals surface area contributed by atoms with Gasteiger partial charge in [0.1, 0.15) is 28.8 Å². The first-order chi connectivity index (χ1) is 18.9. The number of phenolic OH excluding ortho intramolecular Hbond substituents is 1. The highest BCUT2D eigenvalue weighted by atomic mass is 35.5. The lowest BCUT2D eigenvalue weighted by Gasteiger charge is -2.26. The number of para-hydroxylation sites is 3. The number of benzene rings is 4. The molecule has 1 aliphatic rings. The molecule has 5 rings (SSSR count). The van der Waals surface area contributed by atoms with Gasteiger partial charge in [0.2, 0.25) is 0 Å². The van der Waals surface area contributed by atoms with Crippen LogP contribution in [0.25, 0.3) is 5.76 Å². The van der Waals surface area contributed by atoms with Crippen molar-refractivity contribution in [2.45, 2.75) is 13.0 Å². The minimum absolute atomic E-state index is 0.129. The third-order valence-electron chi connectivity index (χ3n) is 6.24. The van der Waals surface area contributed by atoms with Crippen molar-refractivity contribution in [2.24, 2.45) is 0 Å². The Labute approximate surface area is 230 Å². The molecule has 1 amide bonds. The van der Waals surface area contributed by atoms with Gasteiger partial charge in [-0.2, -0.15) is 0 Å². The van der Waals surface area contributed by atoms with Gasteiger partial charge in [-0.05, 0) is 67.1 Å². The van der Waals surface area contributed by atoms with Crippen LogP contribution in [-0.4, -0.2) is 28.5 Å². The first-order valence-electron chi connectivity index (χ1n) is 12.2. The number of rotatable bonds is 7. The van der Waals surface area contributed by atoms with E-state index in [9.17, 15) is 19.8 Å². The molecule has 7 nitrogen and oxygen atoms in total. The van der Waals surface area contributed by atoms with E-state index < -0.39 is 23.5 Å². The summed E-state index contributed by atoms with van der Waals surface area (Å²) in [6, 6.07) is 25.8. The van der Waals surface area contributed by atoms with Crippen molar-refractivity contribution >= 4 is 34.7 Å². The molecule has 4 aromatic carbocycles. The van der Waals surface area contributed by atoms with Gasteiger partial charge in [-0.1, -0.05) is 54.1 Å². The number of ether oxygens (including phenoxy) is 2. The number of anilines is 1. The molecule has 39 heavy (non-hydrogen) atoms. The van der Waals surface area contributed by atoms with Crippen LogP contribution in [0.5, 0.6) is 23.0 Å². The number of hydrogen-bond acceptors (Lipinski definition) is 6. The summed E-state index contributed by atoms with van der Waals surface area (Å²) in [4.78, 5) is 28.1. The fraction of sp³-hybridized carbons (Fsp3) is 0.0968. The molecule has 8 heteroatoms. The van der Waals surface area contributed by atoms with E-state index in [1.165, 1.54) is 23.1 Å². The van der Waals surface area contributed by atoms with E-state index in [1.807, 2.05) is 18.2 Å². The van der Waals surface area contributed by atoms with Crippen molar-refractivity contribution in [1.29, 1.82) is 0 Å². The van der Waals surface area contributed by atoms with Crippen molar-refractivity contribution in [1.82, 2.24) is 0 Å². The molecular weight excluding hydrogens is 518 g/mol. The van der Waals surface area contributed by atoms with Gasteiger partial charge in [-0.15, -0.1) is 0 Å². The summed E-state index contributed by atoms with van der Waals surface area (Å²) in [5.41, 5.74) is 0.722. The van der Waals surface area contributed by atoms with Crippen molar-refractivity contribution < 1.29 is 29.3 Å². The number of halogens is 1. The Balaban J connectivity index is 1.68. The number of phenols is 1. The molecule has 4 aromatic rings. The number of Topliss-reactive ketones (excluding diaryl/α,β-unsaturated/α-hetero) is 1. The van der Waals surface area contributed by atoms with Gasteiger partial charge in [0.05, 0.1) is 28.9 Å². The monoisotopic (exact) mass is 541 g/mol. The summed E-state index contributed by atoms with van der Waals surface area (Å²) in [7, 11) is 0. The Morgan fingerprint density at radius 3 is 2.36 bits per heavy atom. The molecule has 0 saturated carbocycles. The maximum atomic E-state index is 13.5. The van der Waals surface area contributed by atoms with E-state index in [0.717, 1.165) is 0 Å². The molecule has 1 unspecified atom stereocenters. The predicted molar refractivity (Wildman–Crippen MR) is 148 cm³/mol. The van der Waals surface area contributed by atoms with Crippen LogP contribution in [0.15, 0.2) is 103 Å². The standard InChI is InChI=1S/C31H24ClNO6/c1-2-38-26-18-20(15-16-23(26)32)29(35)27-28(33(31(37)30(27)36)24-13-6-7-14-25(24)34)19-9-8-12-22(17-19)39-21-10-4-3-5-11-21/h3-18,28,34-35H,2H2,1H3/b29-27-. The van der Waals surface area contributed by atoms with Crippen molar-refractivity contribution in [2.75, 3.05) is 11.5 Å². The molecule has 1 saturated heterocycles. The Hall–Kier alpha value is -4.75. The average molecular weight is 542 g/mol. The summed E-state index contributed by atoms with van der Waals surface area (Å²) in [5.74, 6) is -0.984. The molecule has 196 valence electrons. The highest BCUT2D eigenvalue weighted by molar-refractivity contribution is 6.52. The van der Waals surface area contributed by atoms with E-state index in [2.05, 4.69) is 0 Å². The molecule has 0 bridgehead atoms. The molecule has 2 N–H and O–H groups in total. The summed E-state index contributed by atoms with van der Waals surface area (Å²) in [6.45, 7) is 2.14. The van der Waals surface area contributed by atoms with Crippen LogP contribution < -0.4 is 14.4 Å². The smallest absolute Gasteiger partial charge is 0.300 e. The fourth-order valence-electron chi connectivity index (χ4n) is 4.51. The van der Waals surface area contributed by atoms with Crippen molar-refractivity contribution in [3.05, 3.63) is 119 Å². The number of carbonyl (C=O) groups excluding carboxylic acids is 2. The largest absolute Gasteiger partial charge is 0.507 e. The lowest BCUT2D eigenvalue weighted by atomic mass is 9.95. The van der Waals surface area contributed by atoms with E-state index in [-0.39, 0.29) is 22.6 Å². The lowest BCUT2D eigenvalue weighted by Crippen LogP contribution is -2.29. The minimum atomic E-state index is -1.07. The summed E-state index contributed by atoms with van der Waals surface area (Å²) in [5, 5.41) is 22.4. The maximum absolute atomic E-state index is 13.5. The maximum Gasteiger partial charge on any atom is 0.300 e. The van der Waals surface area contributed by atoms with Crippen LogP contribution >= 0.6 is 11.6 Å². The first-order valence-corrected chi connectivity index (χ1v) is 12.6. The summed E-state index contributed by atoms with van der Waals surface area (Å²) < 4.78 is 11.5. The first kappa shape index (κ1) is 25.9. The third kappa shape index (κ3) is 5.04. The number of aliphatic hydroxyl groups excluding tert-OH is 1. The third-order valence-corrected chi connectivity index (χ3v) is 6.56. The highest BCUT2D eigenvalue weighted by Gasteiger charge is 2.47. The number of aromatic hydroxyl groups is 1. The SMILES string of the molecule is CCOc1cc(/C(O)=C2/C(=O)C(=O)N(c3ccccc3O)C2c2cccc(Oc3ccccc3)c2)ccc1Cl. The second kappa shape index (κ2) is 10.9. The van der Waals surface area contributed by atoms with Crippen molar-refractivity contribution in [3.63, 3.8) is 0 Å². The van der Waals surface area contributed by atoms with E-state index in [0.29, 0.717) is 34.4 Å². The number of nitrogens with zero attached hydrogens (tertiary/aromatic N) is 1. The van der Waals surface area contributed by atoms with E-state index >= 15 is 0 Å². The highest BCUT2D eigenvalue weighted by Crippen LogP contribution is 2.45. The van der Waals surface area contributed by atoms with Gasteiger partial charge in [0.25, 0.3) is 11.7 Å². The van der Waals surface area contributed by atoms with Gasteiger partial charge >= 0.3 is 0 Å². The zero-order chi connectivity index (χ0) is 27.5. The lowest BCUT2D eigenvalue weighted by molar-refractivity contribution is -0.132. The summed E-state index contributed by atoms with van der Waals surface area (Å²) in [6.07, 6.45) is 0. The summed E-state index contributed by atoms with van der Waals surface area (Å²) >= 11 is 6.23. The molecule has 1 fully saturated rings. The zero-order valence-corrected chi connectivity index (χ0v) is 21.6. The molecule has 1 atom stereocenters. The fourth-order valence-corrected chi connectivity index (χ4v) is 4.68. The van der Waals surface area contributed by atoms with Crippen LogP contribution in [0.2, 0.25) is 5.02 Å². The second-order valence-corrected chi connectivity index (χ2v) is 9.13. The van der Waals surface area contributed by atoms with Crippen LogP contribution in [-0.2, 0) is 9.59 Å². The number of aliphatic hydroxyl groups is 1. The Bertz CT molecular complexity index is 1580. The Kier molecular flexibility index (Phi) is 7.25. The molecule has 0 spiro atoms. The number of hydrogen-bond donors (Lipinski definition) is 2. The molecule has 1 aliphatic heterocycles. The van der Waals surface area contributed by atoms with Gasteiger partial charge in [-0.3, -0.25) is 14.5 Å². The van der Waals surface area contributed by atoms with Crippen molar-refractivity contribution in [3.8, 4) is 23.0 Å². The second-order valence-electron chi connectivity index (χ2n) is 8.72. The predicted octanol–water partition coefficient (Wildman–Crippen LogP) is 6.86. The van der Waals surface area contributed by atoms with Gasteiger partial charge in [0, 0.05) is 5.56 Å². The molecular formula is C31H24ClNO6. The van der Waals surface area contributed by atoms with Gasteiger partial charge < -0.3 is 19.7 Å². The molecule has 1 heterocycles. The normalized spacial score (nSPS) is 16.4. The zero-order valence-electron chi connectivity index (χ0n) is 20.9. The number of amides is 1. The number of carbonyl (C=O) groups is 2. The Morgan fingerprint density at radius 2 is 1.62 bits per heavy atom. The van der Waals surface area contributed by atoms with Gasteiger partial charge in [-0.25, -0.2) is 0 Å². The average Bonchev–Trinajstić information content (AvgIpc) is 3.20. The van der Waals surface area contributed by atoms with E-state index in [4.69, 9.17) is 21.1 Å². The van der Waals surface area contributed by atoms with Crippen LogP contribution in [0.1, 0.15) is 24.1 Å². The minimum Gasteiger partial charge on any atom is -0.507 e. The Morgan fingerprint density at radius 1 is 0.897 bits per heavy atom. The molecule has 0 aliphatic carbocycles. The van der Waals surface area contributed by atoms with Crippen LogP contribution in [0.3, 0.4) is 0 Å². The molecule has 0 radical (unpaired) electrons. The number of ketones is 1. The van der Waals surface area contributed by atoms with Crippen LogP contribution in [0.4, 0.5) is 5.69 Å². The topological polar surface area (TPSA) is 96.3 Å². The van der Waals surface area contributed by atoms with Crippen LogP contribution in [0, 0.1) is 0 Å². The van der Waals surface area contributed by atoms with E-state index in [1.54, 1.807) is 67.6 Å². The van der Waals surface area contributed by atoms with Gasteiger partial charge in [0.15, 0.2) is 0 Å². The quantitative estimate of drug-likeness (QED) is 0.151. The molecule has 0 aromatic heterocycles.